The number of rotatable bonds is 4. The quantitative estimate of drug-likeness (QED) is 0.769. The first-order chi connectivity index (χ1) is 13.0. The Kier molecular flexibility index (Phi) is 4.45. The maximum Gasteiger partial charge on any atom is 0.294 e. The van der Waals surface area contributed by atoms with Crippen molar-refractivity contribution in [1.29, 1.82) is 0 Å². The van der Waals surface area contributed by atoms with Crippen molar-refractivity contribution in [2.24, 2.45) is 5.92 Å². The normalized spacial score (nSPS) is 18.9. The second-order valence-corrected chi connectivity index (χ2v) is 7.81. The van der Waals surface area contributed by atoms with Crippen LogP contribution in [0.2, 0.25) is 0 Å². The molecule has 0 unspecified atom stereocenters. The highest BCUT2D eigenvalue weighted by Gasteiger charge is 2.50. The van der Waals surface area contributed by atoms with Crippen LogP contribution in [0.3, 0.4) is 0 Å². The van der Waals surface area contributed by atoms with E-state index in [9.17, 15) is 14.7 Å². The molecule has 2 aromatic heterocycles. The molecule has 2 aliphatic carbocycles. The molecule has 0 aromatic carbocycles. The fourth-order valence-corrected chi connectivity index (χ4v) is 4.16. The Morgan fingerprint density at radius 1 is 1.26 bits per heavy atom. The summed E-state index contributed by atoms with van der Waals surface area (Å²) in [5.74, 6) is -0.429. The van der Waals surface area contributed by atoms with E-state index >= 15 is 0 Å². The summed E-state index contributed by atoms with van der Waals surface area (Å²) in [4.78, 5) is 35.9. The number of aromatic nitrogens is 3. The number of nitrogens with zero attached hydrogens (tertiary/aromatic N) is 2. The predicted octanol–water partition coefficient (Wildman–Crippen LogP) is 2.69. The maximum atomic E-state index is 12.9. The third kappa shape index (κ3) is 3.46. The number of amides is 1. The summed E-state index contributed by atoms with van der Waals surface area (Å²) < 4.78 is 0. The minimum absolute atomic E-state index is 0.195. The molecule has 142 valence electrons. The summed E-state index contributed by atoms with van der Waals surface area (Å²) in [6.45, 7) is 1.88. The lowest BCUT2D eigenvalue weighted by atomic mass is 9.82. The lowest BCUT2D eigenvalue weighted by molar-refractivity contribution is 0.0893. The van der Waals surface area contributed by atoms with Crippen LogP contribution in [0, 0.1) is 12.8 Å². The van der Waals surface area contributed by atoms with Gasteiger partial charge in [-0.15, -0.1) is 0 Å². The lowest BCUT2D eigenvalue weighted by Gasteiger charge is -2.31. The van der Waals surface area contributed by atoms with E-state index in [4.69, 9.17) is 0 Å². The molecule has 1 amide bonds. The predicted molar refractivity (Wildman–Crippen MR) is 100 cm³/mol. The van der Waals surface area contributed by atoms with Gasteiger partial charge in [0.15, 0.2) is 5.69 Å². The summed E-state index contributed by atoms with van der Waals surface area (Å²) in [6, 6.07) is 1.81. The van der Waals surface area contributed by atoms with Gasteiger partial charge in [-0.1, -0.05) is 19.3 Å². The highest BCUT2D eigenvalue weighted by Crippen LogP contribution is 2.48. The standard InChI is InChI=1S/C20H24N4O3/c1-12-9-13(11-21-10-12)17-22-15(16(25)19(27)23-17)18(26)24-20(7-8-20)14-5-3-2-4-6-14/h9-11,14,25H,2-8H2,1H3,(H,24,26)(H,22,23,27). The van der Waals surface area contributed by atoms with Crippen molar-refractivity contribution >= 4 is 5.91 Å². The Morgan fingerprint density at radius 3 is 2.67 bits per heavy atom. The van der Waals surface area contributed by atoms with Crippen LogP contribution in [-0.4, -0.2) is 31.5 Å². The molecule has 0 radical (unpaired) electrons. The largest absolute Gasteiger partial charge is 0.501 e. The van der Waals surface area contributed by atoms with Crippen LogP contribution in [0.4, 0.5) is 0 Å². The van der Waals surface area contributed by atoms with E-state index in [1.54, 1.807) is 12.4 Å². The van der Waals surface area contributed by atoms with Gasteiger partial charge in [0.05, 0.1) is 0 Å². The number of hydrogen-bond acceptors (Lipinski definition) is 5. The Hall–Kier alpha value is -2.70. The van der Waals surface area contributed by atoms with Gasteiger partial charge in [0.25, 0.3) is 11.5 Å². The minimum Gasteiger partial charge on any atom is -0.501 e. The van der Waals surface area contributed by atoms with Crippen molar-refractivity contribution in [1.82, 2.24) is 20.3 Å². The fourth-order valence-electron chi connectivity index (χ4n) is 4.16. The zero-order valence-electron chi connectivity index (χ0n) is 15.4. The van der Waals surface area contributed by atoms with Crippen molar-refractivity contribution in [2.75, 3.05) is 0 Å². The molecule has 27 heavy (non-hydrogen) atoms. The molecule has 0 spiro atoms. The number of hydrogen-bond donors (Lipinski definition) is 3. The molecule has 4 rings (SSSR count). The zero-order valence-corrected chi connectivity index (χ0v) is 15.4. The third-order valence-electron chi connectivity index (χ3n) is 5.80. The smallest absolute Gasteiger partial charge is 0.294 e. The third-order valence-corrected chi connectivity index (χ3v) is 5.80. The molecular weight excluding hydrogens is 344 g/mol. The molecule has 2 heterocycles. The molecule has 7 nitrogen and oxygen atoms in total. The number of H-pyrrole nitrogens is 1. The molecule has 2 saturated carbocycles. The number of pyridine rings is 1. The van der Waals surface area contributed by atoms with Crippen LogP contribution in [0.1, 0.15) is 61.0 Å². The van der Waals surface area contributed by atoms with Crippen LogP contribution in [0.5, 0.6) is 5.75 Å². The number of carbonyl (C=O) groups excluding carboxylic acids is 1. The Balaban J connectivity index is 1.63. The van der Waals surface area contributed by atoms with E-state index in [0.717, 1.165) is 31.2 Å². The molecule has 7 heteroatoms. The van der Waals surface area contributed by atoms with Gasteiger partial charge in [0.2, 0.25) is 5.75 Å². The number of aryl methyl sites for hydroxylation is 1. The van der Waals surface area contributed by atoms with Gasteiger partial charge < -0.3 is 15.4 Å². The van der Waals surface area contributed by atoms with Crippen molar-refractivity contribution in [3.8, 4) is 17.1 Å². The summed E-state index contributed by atoms with van der Waals surface area (Å²) >= 11 is 0. The SMILES string of the molecule is Cc1cncc(-c2nc(C(=O)NC3(C4CCCCC4)CC3)c(O)c(=O)[nH]2)c1. The van der Waals surface area contributed by atoms with Crippen LogP contribution in [0.15, 0.2) is 23.3 Å². The molecule has 0 atom stereocenters. The summed E-state index contributed by atoms with van der Waals surface area (Å²) in [7, 11) is 0. The average molecular weight is 368 g/mol. The van der Waals surface area contributed by atoms with Crippen molar-refractivity contribution < 1.29 is 9.90 Å². The van der Waals surface area contributed by atoms with E-state index in [-0.39, 0.29) is 17.1 Å². The van der Waals surface area contributed by atoms with E-state index in [0.29, 0.717) is 11.5 Å². The van der Waals surface area contributed by atoms with Crippen LogP contribution in [-0.2, 0) is 0 Å². The summed E-state index contributed by atoms with van der Waals surface area (Å²) in [5, 5.41) is 13.2. The molecule has 2 aliphatic rings. The maximum absolute atomic E-state index is 12.9. The van der Waals surface area contributed by atoms with Gasteiger partial charge in [-0.25, -0.2) is 4.98 Å². The van der Waals surface area contributed by atoms with Crippen LogP contribution >= 0.6 is 0 Å². The number of aromatic hydroxyl groups is 1. The highest BCUT2D eigenvalue weighted by atomic mass is 16.3. The number of carbonyl (C=O) groups is 1. The van der Waals surface area contributed by atoms with Gasteiger partial charge in [0, 0.05) is 23.5 Å². The average Bonchev–Trinajstić information content (AvgIpc) is 3.45. The van der Waals surface area contributed by atoms with Gasteiger partial charge in [-0.05, 0) is 50.2 Å². The number of nitrogens with one attached hydrogen (secondary N) is 2. The molecule has 2 fully saturated rings. The summed E-state index contributed by atoms with van der Waals surface area (Å²) in [5.41, 5.74) is 0.351. The van der Waals surface area contributed by atoms with Gasteiger partial charge in [-0.3, -0.25) is 14.6 Å². The Morgan fingerprint density at radius 2 is 2.00 bits per heavy atom. The molecule has 0 aliphatic heterocycles. The summed E-state index contributed by atoms with van der Waals surface area (Å²) in [6.07, 6.45) is 11.0. The molecule has 0 saturated heterocycles. The minimum atomic E-state index is -0.728. The van der Waals surface area contributed by atoms with Gasteiger partial charge in [0.1, 0.15) is 5.82 Å². The van der Waals surface area contributed by atoms with E-state index in [2.05, 4.69) is 20.3 Å². The van der Waals surface area contributed by atoms with E-state index in [1.165, 1.54) is 19.3 Å². The highest BCUT2D eigenvalue weighted by molar-refractivity contribution is 5.95. The first-order valence-electron chi connectivity index (χ1n) is 9.56. The zero-order chi connectivity index (χ0) is 19.0. The van der Waals surface area contributed by atoms with E-state index in [1.807, 2.05) is 13.0 Å². The van der Waals surface area contributed by atoms with Crippen LogP contribution in [0.25, 0.3) is 11.4 Å². The topological polar surface area (TPSA) is 108 Å². The first-order valence-corrected chi connectivity index (χ1v) is 9.56. The fraction of sp³-hybridized carbons (Fsp3) is 0.500. The first kappa shape index (κ1) is 17.7. The molecule has 0 bridgehead atoms. The van der Waals surface area contributed by atoms with Crippen molar-refractivity contribution in [2.45, 2.75) is 57.4 Å². The second-order valence-electron chi connectivity index (χ2n) is 7.81. The van der Waals surface area contributed by atoms with Crippen LogP contribution < -0.4 is 10.9 Å². The Labute approximate surface area is 157 Å². The molecule has 3 N–H and O–H groups in total. The van der Waals surface area contributed by atoms with Crippen molar-refractivity contribution in [3.05, 3.63) is 40.1 Å². The number of aromatic amines is 1. The van der Waals surface area contributed by atoms with Gasteiger partial charge >= 0.3 is 0 Å². The van der Waals surface area contributed by atoms with E-state index < -0.39 is 17.2 Å². The monoisotopic (exact) mass is 368 g/mol. The van der Waals surface area contributed by atoms with Crippen molar-refractivity contribution in [3.63, 3.8) is 0 Å². The second kappa shape index (κ2) is 6.79. The molecular formula is C20H24N4O3. The Bertz CT molecular complexity index is 927. The van der Waals surface area contributed by atoms with Gasteiger partial charge in [-0.2, -0.15) is 0 Å². The lowest BCUT2D eigenvalue weighted by Crippen LogP contribution is -2.44. The molecule has 2 aromatic rings.